The van der Waals surface area contributed by atoms with Crippen molar-refractivity contribution in [1.82, 2.24) is 4.98 Å². The summed E-state index contributed by atoms with van der Waals surface area (Å²) in [5, 5.41) is 39.0. The molecule has 1 aliphatic carbocycles. The standard InChI is InChI=1S/C18H11N5/c1-11-14(8-20)18(9-21,10-22)13(6-7-19)17-16(11)12-4-2-3-5-15(12)23-17/h2-5,13,23H,6H2,1H3. The fourth-order valence-corrected chi connectivity index (χ4v) is 3.45. The maximum atomic E-state index is 9.68. The topological polar surface area (TPSA) is 111 Å². The first-order valence-electron chi connectivity index (χ1n) is 7.06. The summed E-state index contributed by atoms with van der Waals surface area (Å²) >= 11 is 0. The normalized spacial score (nSPS) is 18.4. The van der Waals surface area contributed by atoms with Gasteiger partial charge in [-0.2, -0.15) is 21.0 Å². The molecule has 0 saturated heterocycles. The Labute approximate surface area is 133 Å². The second kappa shape index (κ2) is 5.03. The van der Waals surface area contributed by atoms with Crippen molar-refractivity contribution in [3.63, 3.8) is 0 Å². The zero-order chi connectivity index (χ0) is 16.6. The summed E-state index contributed by atoms with van der Waals surface area (Å²) in [6.45, 7) is 1.75. The van der Waals surface area contributed by atoms with Crippen LogP contribution in [0.3, 0.4) is 0 Å². The lowest BCUT2D eigenvalue weighted by atomic mass is 9.63. The highest BCUT2D eigenvalue weighted by molar-refractivity contribution is 5.97. The summed E-state index contributed by atoms with van der Waals surface area (Å²) in [7, 11) is 0. The first kappa shape index (κ1) is 14.4. The molecule has 1 aromatic heterocycles. The molecule has 2 aromatic rings. The number of nitriles is 4. The van der Waals surface area contributed by atoms with Crippen molar-refractivity contribution < 1.29 is 0 Å². The molecule has 1 aliphatic rings. The Bertz CT molecular complexity index is 997. The van der Waals surface area contributed by atoms with E-state index in [0.717, 1.165) is 16.5 Å². The van der Waals surface area contributed by atoms with E-state index >= 15 is 0 Å². The summed E-state index contributed by atoms with van der Waals surface area (Å²) in [5.41, 5.74) is 1.51. The van der Waals surface area contributed by atoms with E-state index in [2.05, 4.69) is 11.1 Å². The monoisotopic (exact) mass is 297 g/mol. The van der Waals surface area contributed by atoms with Crippen LogP contribution >= 0.6 is 0 Å². The van der Waals surface area contributed by atoms with Crippen molar-refractivity contribution >= 4 is 16.5 Å². The highest BCUT2D eigenvalue weighted by Crippen LogP contribution is 2.52. The Kier molecular flexibility index (Phi) is 3.15. The minimum absolute atomic E-state index is 0.0145. The molecule has 0 aliphatic heterocycles. The maximum absolute atomic E-state index is 9.68. The van der Waals surface area contributed by atoms with Crippen molar-refractivity contribution in [3.05, 3.63) is 41.1 Å². The Morgan fingerprint density at radius 2 is 1.83 bits per heavy atom. The molecule has 0 saturated carbocycles. The van der Waals surface area contributed by atoms with Gasteiger partial charge in [-0.15, -0.1) is 0 Å². The average Bonchev–Trinajstić information content (AvgIpc) is 2.96. The summed E-state index contributed by atoms with van der Waals surface area (Å²) in [6, 6.07) is 15.7. The minimum Gasteiger partial charge on any atom is -0.358 e. The van der Waals surface area contributed by atoms with Gasteiger partial charge in [0.1, 0.15) is 0 Å². The maximum Gasteiger partial charge on any atom is 0.187 e. The van der Waals surface area contributed by atoms with E-state index < -0.39 is 11.3 Å². The zero-order valence-corrected chi connectivity index (χ0v) is 12.4. The molecular weight excluding hydrogens is 286 g/mol. The summed E-state index contributed by atoms with van der Waals surface area (Å²) in [4.78, 5) is 3.25. The Hall–Kier alpha value is -3.54. The van der Waals surface area contributed by atoms with Crippen LogP contribution in [0.1, 0.15) is 30.5 Å². The van der Waals surface area contributed by atoms with Crippen molar-refractivity contribution in [2.45, 2.75) is 19.3 Å². The van der Waals surface area contributed by atoms with E-state index in [0.29, 0.717) is 11.3 Å². The van der Waals surface area contributed by atoms with Crippen LogP contribution in [0.2, 0.25) is 0 Å². The van der Waals surface area contributed by atoms with Crippen molar-refractivity contribution in [2.75, 3.05) is 0 Å². The lowest BCUT2D eigenvalue weighted by Crippen LogP contribution is -2.32. The van der Waals surface area contributed by atoms with Gasteiger partial charge in [-0.25, -0.2) is 0 Å². The van der Waals surface area contributed by atoms with Crippen LogP contribution in [0.4, 0.5) is 0 Å². The number of para-hydroxylation sites is 1. The van der Waals surface area contributed by atoms with E-state index in [9.17, 15) is 21.0 Å². The Morgan fingerprint density at radius 3 is 2.43 bits per heavy atom. The number of nitrogens with zero attached hydrogens (tertiary/aromatic N) is 4. The van der Waals surface area contributed by atoms with Gasteiger partial charge in [0.15, 0.2) is 5.41 Å². The van der Waals surface area contributed by atoms with Gasteiger partial charge < -0.3 is 4.98 Å². The molecule has 0 fully saturated rings. The number of hydrogen-bond acceptors (Lipinski definition) is 4. The quantitative estimate of drug-likeness (QED) is 0.867. The second-order valence-corrected chi connectivity index (χ2v) is 5.52. The van der Waals surface area contributed by atoms with Gasteiger partial charge in [-0.1, -0.05) is 18.2 Å². The largest absolute Gasteiger partial charge is 0.358 e. The SMILES string of the molecule is CC1=C(C#N)C(C#N)(C#N)C(CC#N)c2[nH]c3ccccc3c21. The van der Waals surface area contributed by atoms with Gasteiger partial charge in [0.2, 0.25) is 0 Å². The summed E-state index contributed by atoms with van der Waals surface area (Å²) < 4.78 is 0. The number of rotatable bonds is 1. The van der Waals surface area contributed by atoms with Crippen LogP contribution in [-0.2, 0) is 0 Å². The predicted octanol–water partition coefficient (Wildman–Crippen LogP) is 3.51. The van der Waals surface area contributed by atoms with E-state index in [4.69, 9.17) is 0 Å². The average molecular weight is 297 g/mol. The van der Waals surface area contributed by atoms with Crippen molar-refractivity contribution in [1.29, 1.82) is 21.0 Å². The fourth-order valence-electron chi connectivity index (χ4n) is 3.45. The lowest BCUT2D eigenvalue weighted by molar-refractivity contribution is 0.476. The van der Waals surface area contributed by atoms with E-state index in [-0.39, 0.29) is 12.0 Å². The minimum atomic E-state index is -1.64. The molecule has 5 nitrogen and oxygen atoms in total. The van der Waals surface area contributed by atoms with Gasteiger partial charge in [-0.3, -0.25) is 0 Å². The third-order valence-electron chi connectivity index (χ3n) is 4.51. The van der Waals surface area contributed by atoms with Crippen LogP contribution in [0, 0.1) is 50.7 Å². The van der Waals surface area contributed by atoms with Gasteiger partial charge in [0, 0.05) is 34.5 Å². The van der Waals surface area contributed by atoms with E-state index in [1.807, 2.05) is 42.5 Å². The molecule has 1 N–H and O–H groups in total. The summed E-state index contributed by atoms with van der Waals surface area (Å²) in [6.07, 6.45) is -0.0145. The van der Waals surface area contributed by atoms with Crippen molar-refractivity contribution in [2.24, 2.45) is 5.41 Å². The molecule has 108 valence electrons. The van der Waals surface area contributed by atoms with Gasteiger partial charge >= 0.3 is 0 Å². The first-order valence-corrected chi connectivity index (χ1v) is 7.06. The third kappa shape index (κ3) is 1.69. The number of allylic oxidation sites excluding steroid dienone is 2. The number of fused-ring (bicyclic) bond motifs is 3. The number of hydrogen-bond donors (Lipinski definition) is 1. The van der Waals surface area contributed by atoms with Crippen molar-refractivity contribution in [3.8, 4) is 24.3 Å². The molecule has 1 unspecified atom stereocenters. The van der Waals surface area contributed by atoms with Gasteiger partial charge in [0.05, 0.1) is 29.8 Å². The van der Waals surface area contributed by atoms with E-state index in [1.54, 1.807) is 6.92 Å². The Morgan fingerprint density at radius 1 is 1.13 bits per heavy atom. The van der Waals surface area contributed by atoms with Crippen LogP contribution in [0.15, 0.2) is 29.8 Å². The number of H-pyrrole nitrogens is 1. The fraction of sp³-hybridized carbons (Fsp3) is 0.222. The molecule has 1 atom stereocenters. The molecule has 0 spiro atoms. The number of benzene rings is 1. The predicted molar refractivity (Wildman–Crippen MR) is 83.1 cm³/mol. The zero-order valence-electron chi connectivity index (χ0n) is 12.4. The highest BCUT2D eigenvalue weighted by atomic mass is 14.8. The van der Waals surface area contributed by atoms with Crippen LogP contribution in [0.25, 0.3) is 16.5 Å². The molecule has 0 bridgehead atoms. The van der Waals surface area contributed by atoms with E-state index in [1.165, 1.54) is 0 Å². The molecule has 1 aromatic carbocycles. The molecular formula is C18H11N5. The third-order valence-corrected chi connectivity index (χ3v) is 4.51. The van der Waals surface area contributed by atoms with Crippen LogP contribution in [0.5, 0.6) is 0 Å². The molecule has 0 radical (unpaired) electrons. The molecule has 1 heterocycles. The smallest absolute Gasteiger partial charge is 0.187 e. The highest BCUT2D eigenvalue weighted by Gasteiger charge is 2.50. The van der Waals surface area contributed by atoms with Crippen LogP contribution < -0.4 is 0 Å². The molecule has 3 rings (SSSR count). The second-order valence-electron chi connectivity index (χ2n) is 5.52. The molecule has 23 heavy (non-hydrogen) atoms. The number of nitrogens with one attached hydrogen (secondary N) is 1. The first-order chi connectivity index (χ1) is 11.1. The lowest BCUT2D eigenvalue weighted by Gasteiger charge is -2.32. The summed E-state index contributed by atoms with van der Waals surface area (Å²) in [5.74, 6) is -0.678. The molecule has 0 amide bonds. The number of aromatic amines is 1. The number of aromatic nitrogens is 1. The van der Waals surface area contributed by atoms with Crippen LogP contribution in [-0.4, -0.2) is 4.98 Å². The van der Waals surface area contributed by atoms with Gasteiger partial charge in [0.25, 0.3) is 0 Å². The molecule has 5 heteroatoms. The Balaban J connectivity index is 2.49. The van der Waals surface area contributed by atoms with Gasteiger partial charge in [-0.05, 0) is 18.6 Å².